The third-order valence-corrected chi connectivity index (χ3v) is 3.19. The second-order valence-corrected chi connectivity index (χ2v) is 5.06. The zero-order chi connectivity index (χ0) is 11.3. The van der Waals surface area contributed by atoms with Gasteiger partial charge >= 0.3 is 0 Å². The summed E-state index contributed by atoms with van der Waals surface area (Å²) in [5.41, 5.74) is 5.90. The Hall–Kier alpha value is -1.30. The molecule has 0 unspecified atom stereocenters. The zero-order valence-electron chi connectivity index (χ0n) is 8.60. The highest BCUT2D eigenvalue weighted by Gasteiger charge is 2.11. The molecule has 0 saturated carbocycles. The number of unbranched alkanes of at least 4 members (excludes halogenated alkanes) is 1. The highest BCUT2D eigenvalue weighted by molar-refractivity contribution is 7.92. The summed E-state index contributed by atoms with van der Waals surface area (Å²) in [6.45, 7) is 1.94. The van der Waals surface area contributed by atoms with Gasteiger partial charge in [0.25, 0.3) is 0 Å². The number of nitrogens with zero attached hydrogens (tertiary/aromatic N) is 1. The van der Waals surface area contributed by atoms with Crippen LogP contribution in [0.25, 0.3) is 0 Å². The lowest BCUT2D eigenvalue weighted by Gasteiger charge is -2.08. The molecule has 1 rings (SSSR count). The van der Waals surface area contributed by atoms with Gasteiger partial charge < -0.3 is 5.73 Å². The Morgan fingerprint density at radius 3 is 2.87 bits per heavy atom. The number of nitrogens with one attached hydrogen (secondary N) is 1. The van der Waals surface area contributed by atoms with E-state index in [0.717, 1.165) is 6.42 Å². The summed E-state index contributed by atoms with van der Waals surface area (Å²) in [4.78, 5) is 3.86. The molecule has 0 fully saturated rings. The number of anilines is 2. The van der Waals surface area contributed by atoms with Gasteiger partial charge in [0, 0.05) is 6.20 Å². The van der Waals surface area contributed by atoms with Crippen molar-refractivity contribution in [1.29, 1.82) is 0 Å². The third kappa shape index (κ3) is 3.75. The first kappa shape index (κ1) is 11.8. The van der Waals surface area contributed by atoms with Crippen LogP contribution in [-0.2, 0) is 10.0 Å². The number of pyridine rings is 1. The van der Waals surface area contributed by atoms with E-state index in [1.54, 1.807) is 12.1 Å². The van der Waals surface area contributed by atoms with Crippen LogP contribution in [0.2, 0.25) is 0 Å². The molecule has 1 heterocycles. The molecule has 0 spiro atoms. The van der Waals surface area contributed by atoms with E-state index in [1.165, 1.54) is 6.20 Å². The molecule has 0 atom stereocenters. The number of aromatic nitrogens is 1. The molecule has 0 aliphatic heterocycles. The molecule has 84 valence electrons. The van der Waals surface area contributed by atoms with Gasteiger partial charge in [-0.05, 0) is 18.6 Å². The predicted octanol–water partition coefficient (Wildman–Crippen LogP) is 1.21. The van der Waals surface area contributed by atoms with Crippen LogP contribution in [0.5, 0.6) is 0 Å². The average Bonchev–Trinajstić information content (AvgIpc) is 2.18. The third-order valence-electron chi connectivity index (χ3n) is 1.86. The van der Waals surface area contributed by atoms with Crippen molar-refractivity contribution in [3.8, 4) is 0 Å². The Balaban J connectivity index is 2.74. The first-order valence-corrected chi connectivity index (χ1v) is 6.41. The summed E-state index contributed by atoms with van der Waals surface area (Å²) in [5.74, 6) is 0.299. The largest absolute Gasteiger partial charge is 0.396 e. The normalized spacial score (nSPS) is 11.3. The Labute approximate surface area is 89.8 Å². The van der Waals surface area contributed by atoms with Gasteiger partial charge in [0.15, 0.2) is 5.82 Å². The van der Waals surface area contributed by atoms with Gasteiger partial charge in [-0.3, -0.25) is 4.72 Å². The molecule has 0 aliphatic rings. The lowest BCUT2D eigenvalue weighted by molar-refractivity contribution is 0.597. The standard InChI is InChI=1S/C9H15N3O2S/c1-2-3-7-15(13,14)12-9-8(10)5-4-6-11-9/h4-6H,2-3,7,10H2,1H3,(H,11,12). The molecule has 0 saturated heterocycles. The first-order valence-electron chi connectivity index (χ1n) is 4.76. The van der Waals surface area contributed by atoms with Crippen molar-refractivity contribution in [2.24, 2.45) is 0 Å². The van der Waals surface area contributed by atoms with Gasteiger partial charge in [-0.15, -0.1) is 0 Å². The molecule has 3 N–H and O–H groups in total. The average molecular weight is 229 g/mol. The van der Waals surface area contributed by atoms with Crippen molar-refractivity contribution in [1.82, 2.24) is 4.98 Å². The Bertz CT molecular complexity index is 417. The molecule has 1 aromatic heterocycles. The zero-order valence-corrected chi connectivity index (χ0v) is 9.42. The van der Waals surface area contributed by atoms with Crippen molar-refractivity contribution >= 4 is 21.5 Å². The molecule has 0 radical (unpaired) electrons. The Morgan fingerprint density at radius 2 is 2.27 bits per heavy atom. The van der Waals surface area contributed by atoms with Crippen LogP contribution in [0.15, 0.2) is 18.3 Å². The lowest BCUT2D eigenvalue weighted by atomic mass is 10.4. The van der Waals surface area contributed by atoms with E-state index in [2.05, 4.69) is 9.71 Å². The Kier molecular flexibility index (Phi) is 3.90. The van der Waals surface area contributed by atoms with Crippen LogP contribution in [-0.4, -0.2) is 19.2 Å². The van der Waals surface area contributed by atoms with Gasteiger partial charge in [0.2, 0.25) is 10.0 Å². The van der Waals surface area contributed by atoms with Gasteiger partial charge in [-0.25, -0.2) is 13.4 Å². The fraction of sp³-hybridized carbons (Fsp3) is 0.444. The van der Waals surface area contributed by atoms with E-state index in [1.807, 2.05) is 6.92 Å². The summed E-state index contributed by atoms with van der Waals surface area (Å²) in [6.07, 6.45) is 2.95. The highest BCUT2D eigenvalue weighted by Crippen LogP contribution is 2.14. The van der Waals surface area contributed by atoms with Crippen molar-refractivity contribution in [2.45, 2.75) is 19.8 Å². The maximum atomic E-state index is 11.5. The molecule has 1 aromatic rings. The molecule has 0 aliphatic carbocycles. The SMILES string of the molecule is CCCCS(=O)(=O)Nc1ncccc1N. The van der Waals surface area contributed by atoms with E-state index in [-0.39, 0.29) is 11.6 Å². The van der Waals surface area contributed by atoms with E-state index in [0.29, 0.717) is 12.1 Å². The van der Waals surface area contributed by atoms with E-state index in [4.69, 9.17) is 5.73 Å². The first-order chi connectivity index (χ1) is 7.05. The van der Waals surface area contributed by atoms with Crippen LogP contribution in [0, 0.1) is 0 Å². The minimum Gasteiger partial charge on any atom is -0.396 e. The maximum absolute atomic E-state index is 11.5. The lowest BCUT2D eigenvalue weighted by Crippen LogP contribution is -2.18. The fourth-order valence-corrected chi connectivity index (χ4v) is 2.27. The smallest absolute Gasteiger partial charge is 0.233 e. The predicted molar refractivity (Wildman–Crippen MR) is 61.0 cm³/mol. The van der Waals surface area contributed by atoms with Crippen molar-refractivity contribution < 1.29 is 8.42 Å². The van der Waals surface area contributed by atoms with Gasteiger partial charge in [0.05, 0.1) is 11.4 Å². The van der Waals surface area contributed by atoms with Crippen LogP contribution >= 0.6 is 0 Å². The van der Waals surface area contributed by atoms with E-state index >= 15 is 0 Å². The van der Waals surface area contributed by atoms with Crippen LogP contribution in [0.3, 0.4) is 0 Å². The molecule has 0 bridgehead atoms. The van der Waals surface area contributed by atoms with E-state index < -0.39 is 10.0 Å². The summed E-state index contributed by atoms with van der Waals surface area (Å²) in [5, 5.41) is 0. The number of nitrogen functional groups attached to an aromatic ring is 1. The van der Waals surface area contributed by atoms with Gasteiger partial charge in [-0.1, -0.05) is 13.3 Å². The molecule has 0 amide bonds. The minimum absolute atomic E-state index is 0.0967. The topological polar surface area (TPSA) is 85.1 Å². The molecule has 0 aromatic carbocycles. The number of nitrogens with two attached hydrogens (primary N) is 1. The second kappa shape index (κ2) is 4.97. The molecular formula is C9H15N3O2S. The van der Waals surface area contributed by atoms with Crippen LogP contribution in [0.1, 0.15) is 19.8 Å². The number of hydrogen-bond acceptors (Lipinski definition) is 4. The minimum atomic E-state index is -3.31. The summed E-state index contributed by atoms with van der Waals surface area (Å²) < 4.78 is 25.4. The number of sulfonamides is 1. The second-order valence-electron chi connectivity index (χ2n) is 3.22. The quantitative estimate of drug-likeness (QED) is 0.794. The molecule has 6 heteroatoms. The summed E-state index contributed by atoms with van der Waals surface area (Å²) in [6, 6.07) is 3.25. The van der Waals surface area contributed by atoms with Gasteiger partial charge in [0.1, 0.15) is 0 Å². The van der Waals surface area contributed by atoms with Crippen molar-refractivity contribution in [2.75, 3.05) is 16.2 Å². The molecule has 15 heavy (non-hydrogen) atoms. The van der Waals surface area contributed by atoms with Crippen molar-refractivity contribution in [3.63, 3.8) is 0 Å². The van der Waals surface area contributed by atoms with E-state index in [9.17, 15) is 8.42 Å². The summed E-state index contributed by atoms with van der Waals surface area (Å²) in [7, 11) is -3.31. The molecular weight excluding hydrogens is 214 g/mol. The fourth-order valence-electron chi connectivity index (χ4n) is 1.04. The number of hydrogen-bond donors (Lipinski definition) is 2. The van der Waals surface area contributed by atoms with Gasteiger partial charge in [-0.2, -0.15) is 0 Å². The highest BCUT2D eigenvalue weighted by atomic mass is 32.2. The Morgan fingerprint density at radius 1 is 1.53 bits per heavy atom. The van der Waals surface area contributed by atoms with Crippen molar-refractivity contribution in [3.05, 3.63) is 18.3 Å². The van der Waals surface area contributed by atoms with Crippen LogP contribution < -0.4 is 10.5 Å². The maximum Gasteiger partial charge on any atom is 0.233 e. The van der Waals surface area contributed by atoms with Crippen LogP contribution in [0.4, 0.5) is 11.5 Å². The monoisotopic (exact) mass is 229 g/mol. The molecule has 5 nitrogen and oxygen atoms in total. The summed E-state index contributed by atoms with van der Waals surface area (Å²) >= 11 is 0. The number of rotatable bonds is 5.